The van der Waals surface area contributed by atoms with Crippen LogP contribution in [0.25, 0.3) is 22.3 Å². The van der Waals surface area contributed by atoms with E-state index in [1.165, 1.54) is 6.08 Å². The molecule has 1 saturated heterocycles. The summed E-state index contributed by atoms with van der Waals surface area (Å²) < 4.78 is 7.03. The van der Waals surface area contributed by atoms with E-state index in [1.807, 2.05) is 72.2 Å². The number of ether oxygens (including phenoxy) is 1. The molecule has 0 atom stereocenters. The third kappa shape index (κ3) is 5.52. The number of carbonyl (C=O) groups excluding carboxylic acids is 2. The first-order valence-corrected chi connectivity index (χ1v) is 12.5. The second-order valence-corrected chi connectivity index (χ2v) is 9.13. The van der Waals surface area contributed by atoms with E-state index in [2.05, 4.69) is 9.88 Å². The average Bonchev–Trinajstić information content (AvgIpc) is 3.62. The van der Waals surface area contributed by atoms with Gasteiger partial charge in [0.25, 0.3) is 5.91 Å². The SMILES string of the molecule is O=C(/C=C/c1cn(-c2ccccc2)nc1-c1cccs1)OCC(=O)N1CCN(c2ccccn2)CC1. The number of esters is 1. The highest BCUT2D eigenvalue weighted by Crippen LogP contribution is 2.28. The molecule has 0 radical (unpaired) electrons. The number of piperazine rings is 1. The highest BCUT2D eigenvalue weighted by molar-refractivity contribution is 7.13. The van der Waals surface area contributed by atoms with Gasteiger partial charge < -0.3 is 14.5 Å². The number of hydrogen-bond donors (Lipinski definition) is 0. The van der Waals surface area contributed by atoms with Crippen molar-refractivity contribution in [1.82, 2.24) is 19.7 Å². The largest absolute Gasteiger partial charge is 0.452 e. The van der Waals surface area contributed by atoms with Crippen LogP contribution >= 0.6 is 11.3 Å². The molecule has 1 amide bonds. The van der Waals surface area contributed by atoms with Crippen LogP contribution in [-0.4, -0.2) is 64.3 Å². The fourth-order valence-electron chi connectivity index (χ4n) is 3.98. The second kappa shape index (κ2) is 11.0. The predicted octanol–water partition coefficient (Wildman–Crippen LogP) is 3.90. The summed E-state index contributed by atoms with van der Waals surface area (Å²) >= 11 is 1.58. The molecule has 1 aliphatic heterocycles. The molecule has 9 heteroatoms. The third-order valence-electron chi connectivity index (χ3n) is 5.86. The van der Waals surface area contributed by atoms with E-state index >= 15 is 0 Å². The van der Waals surface area contributed by atoms with Crippen molar-refractivity contribution in [2.75, 3.05) is 37.7 Å². The zero-order valence-electron chi connectivity index (χ0n) is 19.6. The summed E-state index contributed by atoms with van der Waals surface area (Å²) in [4.78, 5) is 34.2. The van der Waals surface area contributed by atoms with Gasteiger partial charge >= 0.3 is 5.97 Å². The van der Waals surface area contributed by atoms with Gasteiger partial charge in [-0.1, -0.05) is 30.3 Å². The van der Waals surface area contributed by atoms with E-state index in [-0.39, 0.29) is 12.5 Å². The van der Waals surface area contributed by atoms with Crippen LogP contribution in [0.2, 0.25) is 0 Å². The van der Waals surface area contributed by atoms with E-state index in [4.69, 9.17) is 9.84 Å². The summed E-state index contributed by atoms with van der Waals surface area (Å²) in [6, 6.07) is 19.5. The van der Waals surface area contributed by atoms with Gasteiger partial charge in [-0.15, -0.1) is 11.3 Å². The number of hydrogen-bond acceptors (Lipinski definition) is 7. The van der Waals surface area contributed by atoms with Gasteiger partial charge in [-0.25, -0.2) is 14.5 Å². The van der Waals surface area contributed by atoms with Crippen LogP contribution in [0.15, 0.2) is 84.5 Å². The quantitative estimate of drug-likeness (QED) is 0.283. The van der Waals surface area contributed by atoms with Crippen LogP contribution in [0.5, 0.6) is 0 Å². The Kier molecular flexibility index (Phi) is 7.18. The van der Waals surface area contributed by atoms with E-state index in [0.29, 0.717) is 26.2 Å². The molecule has 8 nitrogen and oxygen atoms in total. The number of carbonyl (C=O) groups is 2. The van der Waals surface area contributed by atoms with Gasteiger partial charge in [0.1, 0.15) is 11.5 Å². The Morgan fingerprint density at radius 3 is 2.50 bits per heavy atom. The molecule has 0 unspecified atom stereocenters. The first-order valence-electron chi connectivity index (χ1n) is 11.6. The molecule has 3 aromatic heterocycles. The van der Waals surface area contributed by atoms with Crippen LogP contribution in [0.3, 0.4) is 0 Å². The summed E-state index contributed by atoms with van der Waals surface area (Å²) in [6.07, 6.45) is 6.66. The minimum Gasteiger partial charge on any atom is -0.452 e. The second-order valence-electron chi connectivity index (χ2n) is 8.19. The van der Waals surface area contributed by atoms with E-state index in [9.17, 15) is 9.59 Å². The molecule has 0 N–H and O–H groups in total. The van der Waals surface area contributed by atoms with Crippen molar-refractivity contribution in [2.24, 2.45) is 0 Å². The molecule has 0 spiro atoms. The zero-order valence-corrected chi connectivity index (χ0v) is 20.4. The number of anilines is 1. The minimum atomic E-state index is -0.569. The number of benzene rings is 1. The molecule has 4 heterocycles. The predicted molar refractivity (Wildman–Crippen MR) is 140 cm³/mol. The fraction of sp³-hybridized carbons (Fsp3) is 0.185. The molecule has 1 aliphatic rings. The number of pyridine rings is 1. The summed E-state index contributed by atoms with van der Waals surface area (Å²) in [5.41, 5.74) is 2.49. The van der Waals surface area contributed by atoms with Crippen molar-refractivity contribution >= 4 is 35.1 Å². The van der Waals surface area contributed by atoms with Crippen LogP contribution in [-0.2, 0) is 14.3 Å². The molecule has 0 aliphatic carbocycles. The van der Waals surface area contributed by atoms with E-state index < -0.39 is 5.97 Å². The number of para-hydroxylation sites is 1. The van der Waals surface area contributed by atoms with Gasteiger partial charge in [-0.05, 0) is 41.8 Å². The fourth-order valence-corrected chi connectivity index (χ4v) is 4.71. The lowest BCUT2D eigenvalue weighted by Gasteiger charge is -2.35. The Balaban J connectivity index is 1.18. The topological polar surface area (TPSA) is 80.6 Å². The normalized spacial score (nSPS) is 13.8. The average molecular weight is 500 g/mol. The maximum atomic E-state index is 12.6. The van der Waals surface area contributed by atoms with Crippen molar-refractivity contribution in [3.63, 3.8) is 0 Å². The standard InChI is InChI=1S/C27H25N5O3S/c33-25(31-16-14-30(15-17-31)24-10-4-5-13-28-24)20-35-26(34)12-11-21-19-32(22-7-2-1-3-8-22)29-27(21)23-9-6-18-36-23/h1-13,18-19H,14-17,20H2/b12-11+. The molecule has 0 bridgehead atoms. The summed E-state index contributed by atoms with van der Waals surface area (Å²) in [6.45, 7) is 2.21. The maximum Gasteiger partial charge on any atom is 0.331 e. The number of aromatic nitrogens is 3. The highest BCUT2D eigenvalue weighted by Gasteiger charge is 2.22. The van der Waals surface area contributed by atoms with Gasteiger partial charge in [0.15, 0.2) is 6.61 Å². The van der Waals surface area contributed by atoms with Crippen molar-refractivity contribution in [3.8, 4) is 16.3 Å². The van der Waals surface area contributed by atoms with Gasteiger partial charge in [0.05, 0.1) is 10.6 Å². The van der Waals surface area contributed by atoms with Crippen LogP contribution in [0.4, 0.5) is 5.82 Å². The van der Waals surface area contributed by atoms with Crippen molar-refractivity contribution in [2.45, 2.75) is 0 Å². The molecule has 0 saturated carbocycles. The molecule has 5 rings (SSSR count). The summed E-state index contributed by atoms with van der Waals surface area (Å²) in [7, 11) is 0. The van der Waals surface area contributed by atoms with Crippen LogP contribution in [0.1, 0.15) is 5.56 Å². The number of thiophene rings is 1. The van der Waals surface area contributed by atoms with Gasteiger partial charge in [0, 0.05) is 50.2 Å². The van der Waals surface area contributed by atoms with Gasteiger partial charge in [0.2, 0.25) is 0 Å². The van der Waals surface area contributed by atoms with Crippen LogP contribution < -0.4 is 4.90 Å². The van der Waals surface area contributed by atoms with E-state index in [0.717, 1.165) is 27.6 Å². The molecule has 182 valence electrons. The molecular weight excluding hydrogens is 474 g/mol. The monoisotopic (exact) mass is 499 g/mol. The number of nitrogens with zero attached hydrogens (tertiary/aromatic N) is 5. The lowest BCUT2D eigenvalue weighted by Crippen LogP contribution is -2.50. The van der Waals surface area contributed by atoms with Crippen molar-refractivity contribution in [3.05, 3.63) is 90.1 Å². The summed E-state index contributed by atoms with van der Waals surface area (Å²) in [5.74, 6) is 0.132. The van der Waals surface area contributed by atoms with Crippen molar-refractivity contribution < 1.29 is 14.3 Å². The lowest BCUT2D eigenvalue weighted by atomic mass is 10.2. The Bertz CT molecular complexity index is 1330. The smallest absolute Gasteiger partial charge is 0.331 e. The molecule has 1 fully saturated rings. The first-order chi connectivity index (χ1) is 17.7. The Labute approximate surface area is 213 Å². The lowest BCUT2D eigenvalue weighted by molar-refractivity contribution is -0.148. The Hall–Kier alpha value is -4.24. The molecule has 36 heavy (non-hydrogen) atoms. The number of rotatable bonds is 7. The Morgan fingerprint density at radius 1 is 0.972 bits per heavy atom. The van der Waals surface area contributed by atoms with Crippen LogP contribution in [0, 0.1) is 0 Å². The highest BCUT2D eigenvalue weighted by atomic mass is 32.1. The van der Waals surface area contributed by atoms with Gasteiger partial charge in [-0.2, -0.15) is 5.10 Å². The zero-order chi connectivity index (χ0) is 24.7. The molecule has 4 aromatic rings. The first kappa shape index (κ1) is 23.5. The maximum absolute atomic E-state index is 12.6. The Morgan fingerprint density at radius 2 is 1.78 bits per heavy atom. The molecular formula is C27H25N5O3S. The summed E-state index contributed by atoms with van der Waals surface area (Å²) in [5, 5.41) is 6.71. The minimum absolute atomic E-state index is 0.200. The van der Waals surface area contributed by atoms with Crippen molar-refractivity contribution in [1.29, 1.82) is 0 Å². The third-order valence-corrected chi connectivity index (χ3v) is 6.74. The molecule has 1 aromatic carbocycles. The van der Waals surface area contributed by atoms with E-state index in [1.54, 1.807) is 33.2 Å². The number of amides is 1. The van der Waals surface area contributed by atoms with Gasteiger partial charge in [-0.3, -0.25) is 4.79 Å².